The van der Waals surface area contributed by atoms with E-state index in [1.54, 1.807) is 0 Å². The van der Waals surface area contributed by atoms with E-state index in [4.69, 9.17) is 26.3 Å². The van der Waals surface area contributed by atoms with E-state index in [9.17, 15) is 0 Å². The number of ether oxygens (including phenoxy) is 3. The molecule has 6 nitrogen and oxygen atoms in total. The van der Waals surface area contributed by atoms with Gasteiger partial charge in [-0.3, -0.25) is 0 Å². The Kier molecular flexibility index (Phi) is 36.6. The second-order valence-electron chi connectivity index (χ2n) is 10.2. The van der Waals surface area contributed by atoms with E-state index in [0.717, 1.165) is 77.6 Å². The summed E-state index contributed by atoms with van der Waals surface area (Å²) >= 11 is -1.75. The van der Waals surface area contributed by atoms with Gasteiger partial charge in [0.25, 0.3) is 5.97 Å². The van der Waals surface area contributed by atoms with Gasteiger partial charge in [0.1, 0.15) is 0 Å². The van der Waals surface area contributed by atoms with Crippen molar-refractivity contribution < 1.29 is 45.8 Å². The molecule has 223 valence electrons. The molecule has 0 amide bonds. The van der Waals surface area contributed by atoms with Gasteiger partial charge in [0, 0.05) is 13.0 Å². The molecule has 0 aliphatic carbocycles. The number of rotatable bonds is 29. The van der Waals surface area contributed by atoms with Crippen molar-refractivity contribution in [2.45, 2.75) is 168 Å². The summed E-state index contributed by atoms with van der Waals surface area (Å²) in [5.41, 5.74) is 0. The first kappa shape index (κ1) is 39.5. The Balaban J connectivity index is 0. The van der Waals surface area contributed by atoms with Crippen LogP contribution < -0.4 is 0 Å². The van der Waals surface area contributed by atoms with Crippen molar-refractivity contribution in [2.24, 2.45) is 0 Å². The fraction of sp³-hybridized carbons (Fsp3) is 1.00. The van der Waals surface area contributed by atoms with Crippen molar-refractivity contribution in [3.63, 3.8) is 0 Å². The summed E-state index contributed by atoms with van der Waals surface area (Å²) in [4.78, 5) is 0. The molecule has 0 aromatic carbocycles. The van der Waals surface area contributed by atoms with Gasteiger partial charge in [-0.25, -0.2) is 0 Å². The van der Waals surface area contributed by atoms with Crippen molar-refractivity contribution in [1.29, 1.82) is 0 Å². The van der Waals surface area contributed by atoms with E-state index < -0.39 is 25.5 Å². The summed E-state index contributed by atoms with van der Waals surface area (Å²) in [7, 11) is 0. The molecule has 0 atom stereocenters. The minimum absolute atomic E-state index is 0.356. The van der Waals surface area contributed by atoms with Crippen molar-refractivity contribution in [1.82, 2.24) is 0 Å². The molecule has 0 saturated carbocycles. The molecule has 0 spiro atoms. The second-order valence-corrected chi connectivity index (χ2v) is 10.4. The Morgan fingerprint density at radius 2 is 0.784 bits per heavy atom. The molecule has 0 fully saturated rings. The summed E-state index contributed by atoms with van der Waals surface area (Å²) in [5.74, 6) is -0.821. The van der Waals surface area contributed by atoms with E-state index in [-0.39, 0.29) is 0 Å². The van der Waals surface area contributed by atoms with E-state index in [0.29, 0.717) is 6.61 Å². The standard InChI is InChI=1S/C30H62O4.H2O.O.Ti/c1-4-7-27-32-30(33-28-8-5-2,34-29-9-6-3)25-23-21-19-17-15-13-11-10-12-14-16-18-20-22-24-26-31;;;/h31H,4-29H2,1-3H3;1H2;;/q;;;+1/p-1. The average Bonchev–Trinajstić information content (AvgIpc) is 2.89. The van der Waals surface area contributed by atoms with Crippen LogP contribution in [-0.4, -0.2) is 41.2 Å². The molecule has 0 bridgehead atoms. The molecule has 37 heavy (non-hydrogen) atoms. The Hall–Kier alpha value is 0.314. The second kappa shape index (κ2) is 34.3. The van der Waals surface area contributed by atoms with Gasteiger partial charge in [0.2, 0.25) is 0 Å². The van der Waals surface area contributed by atoms with E-state index in [1.807, 2.05) is 0 Å². The Labute approximate surface area is 239 Å². The van der Waals surface area contributed by atoms with Gasteiger partial charge in [0.05, 0.1) is 19.8 Å². The van der Waals surface area contributed by atoms with Crippen LogP contribution >= 0.6 is 0 Å². The molecule has 0 aromatic rings. The zero-order valence-corrected chi connectivity index (χ0v) is 26.5. The SMILES string of the molecule is CCCCOC(CCCCCCCCCCCCCCCCCO)(OCCCC)OCCCC.[O]=[Ti][OH]. The summed E-state index contributed by atoms with van der Waals surface area (Å²) in [6, 6.07) is 0. The zero-order chi connectivity index (χ0) is 27.7. The number of aliphatic hydroxyl groups is 1. The Morgan fingerprint density at radius 1 is 0.514 bits per heavy atom. The van der Waals surface area contributed by atoms with Crippen molar-refractivity contribution in [3.8, 4) is 0 Å². The van der Waals surface area contributed by atoms with Crippen LogP contribution in [0.25, 0.3) is 0 Å². The average molecular weight is 568 g/mol. The summed E-state index contributed by atoms with van der Waals surface area (Å²) in [5, 5.41) is 8.80. The van der Waals surface area contributed by atoms with Gasteiger partial charge in [-0.15, -0.1) is 0 Å². The maximum absolute atomic E-state index is 8.80. The third-order valence-corrected chi connectivity index (χ3v) is 6.60. The molecule has 0 aliphatic rings. The first-order valence-electron chi connectivity index (χ1n) is 15.7. The molecule has 0 saturated heterocycles. The third kappa shape index (κ3) is 30.7. The molecule has 0 aliphatic heterocycles. The first-order valence-corrected chi connectivity index (χ1v) is 17.0. The van der Waals surface area contributed by atoms with Crippen LogP contribution in [0.1, 0.15) is 162 Å². The van der Waals surface area contributed by atoms with Crippen LogP contribution in [-0.2, 0) is 37.0 Å². The van der Waals surface area contributed by atoms with Crippen LogP contribution in [0.15, 0.2) is 0 Å². The predicted octanol–water partition coefficient (Wildman–Crippen LogP) is 8.65. The fourth-order valence-corrected chi connectivity index (χ4v) is 4.21. The Bertz CT molecular complexity index is 398. The number of aliphatic hydroxyl groups excluding tert-OH is 1. The van der Waals surface area contributed by atoms with Gasteiger partial charge in [-0.05, 0) is 32.1 Å². The van der Waals surface area contributed by atoms with Gasteiger partial charge < -0.3 is 19.3 Å². The predicted molar refractivity (Wildman–Crippen MR) is 149 cm³/mol. The molecule has 2 N–H and O–H groups in total. The number of hydrogen-bond acceptors (Lipinski definition) is 5. The summed E-state index contributed by atoms with van der Waals surface area (Å²) in [6.45, 7) is 9.11. The molecule has 0 rings (SSSR count). The van der Waals surface area contributed by atoms with E-state index >= 15 is 0 Å². The van der Waals surface area contributed by atoms with Gasteiger partial charge in [-0.2, -0.15) is 0 Å². The van der Waals surface area contributed by atoms with Crippen LogP contribution in [0, 0.1) is 0 Å². The van der Waals surface area contributed by atoms with Crippen LogP contribution in [0.5, 0.6) is 0 Å². The maximum atomic E-state index is 8.80. The fourth-order valence-electron chi connectivity index (χ4n) is 4.21. The van der Waals surface area contributed by atoms with E-state index in [2.05, 4.69) is 20.8 Å². The number of unbranched alkanes of at least 4 members (excludes halogenated alkanes) is 17. The quantitative estimate of drug-likeness (QED) is 0.0535. The molecule has 0 aromatic heterocycles. The monoisotopic (exact) mass is 567 g/mol. The number of hydrogen-bond donors (Lipinski definition) is 2. The molecular formula is C30H63O6Ti. The molecule has 7 heteroatoms. The van der Waals surface area contributed by atoms with Gasteiger partial charge in [-0.1, -0.05) is 124 Å². The van der Waals surface area contributed by atoms with E-state index in [1.165, 1.54) is 83.5 Å². The first-order chi connectivity index (χ1) is 18.2. The summed E-state index contributed by atoms with van der Waals surface area (Å²) < 4.78 is 34.4. The molecule has 0 heterocycles. The molecule has 0 radical (unpaired) electrons. The van der Waals surface area contributed by atoms with Crippen LogP contribution in [0.4, 0.5) is 0 Å². The van der Waals surface area contributed by atoms with Crippen molar-refractivity contribution in [2.75, 3.05) is 26.4 Å². The molecule has 0 unspecified atom stereocenters. The van der Waals surface area contributed by atoms with Gasteiger partial charge >= 0.3 is 26.5 Å². The van der Waals surface area contributed by atoms with Crippen molar-refractivity contribution >= 4 is 0 Å². The summed E-state index contributed by atoms with van der Waals surface area (Å²) in [6.07, 6.45) is 27.0. The molecular weight excluding hydrogens is 504 g/mol. The third-order valence-electron chi connectivity index (χ3n) is 6.60. The van der Waals surface area contributed by atoms with Crippen molar-refractivity contribution in [3.05, 3.63) is 0 Å². The van der Waals surface area contributed by atoms with Crippen LogP contribution in [0.3, 0.4) is 0 Å². The Morgan fingerprint density at radius 3 is 1.05 bits per heavy atom. The van der Waals surface area contributed by atoms with Crippen LogP contribution in [0.2, 0.25) is 0 Å². The normalized spacial score (nSPS) is 11.3. The topological polar surface area (TPSA) is 85.2 Å². The zero-order valence-electron chi connectivity index (χ0n) is 24.9. The van der Waals surface area contributed by atoms with Gasteiger partial charge in [0.15, 0.2) is 0 Å². The minimum atomic E-state index is -1.75.